The Morgan fingerprint density at radius 1 is 0.897 bits per heavy atom. The molecule has 0 bridgehead atoms. The van der Waals surface area contributed by atoms with E-state index in [4.69, 9.17) is 4.74 Å². The first-order valence-corrected chi connectivity index (χ1v) is 13.4. The molecule has 0 aromatic heterocycles. The number of benzene rings is 2. The molecule has 1 heterocycles. The van der Waals surface area contributed by atoms with Crippen LogP contribution >= 0.6 is 0 Å². The Morgan fingerprint density at radius 3 is 2.21 bits per heavy atom. The van der Waals surface area contributed by atoms with Crippen LogP contribution in [0.25, 0.3) is 0 Å². The average molecular weight is 540 g/mol. The number of carbonyl (C=O) groups excluding carboxylic acids is 2. The quantitative estimate of drug-likeness (QED) is 0.253. The molecule has 0 saturated carbocycles. The lowest BCUT2D eigenvalue weighted by Crippen LogP contribution is -2.54. The Bertz CT molecular complexity index is 1080. The summed E-state index contributed by atoms with van der Waals surface area (Å²) >= 11 is 0. The number of ether oxygens (including phenoxy) is 1. The number of hydrogen-bond donors (Lipinski definition) is 4. The third-order valence-electron chi connectivity index (χ3n) is 6.79. The molecule has 1 saturated heterocycles. The number of aryl methyl sites for hydroxylation is 1. The van der Waals surface area contributed by atoms with Gasteiger partial charge in [0.1, 0.15) is 18.7 Å². The number of unbranched alkanes of at least 4 members (excludes halogenated alkanes) is 1. The fraction of sp³-hybridized carbons (Fsp3) is 0.448. The highest BCUT2D eigenvalue weighted by atomic mass is 16.5. The third-order valence-corrected chi connectivity index (χ3v) is 6.79. The van der Waals surface area contributed by atoms with E-state index in [1.165, 1.54) is 4.90 Å². The van der Waals surface area contributed by atoms with Crippen molar-refractivity contribution >= 4 is 23.9 Å². The minimum atomic E-state index is -1.07. The van der Waals surface area contributed by atoms with Gasteiger partial charge in [-0.15, -0.1) is 0 Å². The fourth-order valence-electron chi connectivity index (χ4n) is 4.68. The molecule has 2 aromatic rings. The summed E-state index contributed by atoms with van der Waals surface area (Å²) in [6.45, 7) is 0.810. The lowest BCUT2D eigenvalue weighted by molar-refractivity contribution is -0.149. The van der Waals surface area contributed by atoms with Gasteiger partial charge in [-0.1, -0.05) is 60.7 Å². The summed E-state index contributed by atoms with van der Waals surface area (Å²) < 4.78 is 5.19. The predicted octanol–water partition coefficient (Wildman–Crippen LogP) is 3.20. The average Bonchev–Trinajstić information content (AvgIpc) is 3.44. The lowest BCUT2D eigenvalue weighted by atomic mass is 10.0. The highest BCUT2D eigenvalue weighted by molar-refractivity contribution is 5.88. The second kappa shape index (κ2) is 15.5. The zero-order chi connectivity index (χ0) is 28.0. The number of carboxylic acid groups (broad SMARTS) is 2. The van der Waals surface area contributed by atoms with Crippen molar-refractivity contribution in [1.29, 1.82) is 0 Å². The van der Waals surface area contributed by atoms with Gasteiger partial charge in [0, 0.05) is 13.1 Å². The molecule has 210 valence electrons. The van der Waals surface area contributed by atoms with Crippen molar-refractivity contribution < 1.29 is 34.1 Å². The van der Waals surface area contributed by atoms with Crippen LogP contribution in [0.1, 0.15) is 49.7 Å². The summed E-state index contributed by atoms with van der Waals surface area (Å²) in [5.41, 5.74) is 1.87. The van der Waals surface area contributed by atoms with Crippen molar-refractivity contribution in [2.24, 2.45) is 0 Å². The van der Waals surface area contributed by atoms with Crippen molar-refractivity contribution in [2.45, 2.75) is 69.7 Å². The van der Waals surface area contributed by atoms with Gasteiger partial charge in [-0.25, -0.2) is 9.59 Å². The van der Waals surface area contributed by atoms with Gasteiger partial charge in [-0.2, -0.15) is 0 Å². The molecule has 4 N–H and O–H groups in total. The molecule has 0 unspecified atom stereocenters. The molecule has 3 atom stereocenters. The van der Waals surface area contributed by atoms with Gasteiger partial charge in [0.05, 0.1) is 6.04 Å². The Morgan fingerprint density at radius 2 is 1.56 bits per heavy atom. The van der Waals surface area contributed by atoms with Crippen molar-refractivity contribution in [3.05, 3.63) is 71.8 Å². The molecule has 10 nitrogen and oxygen atoms in total. The van der Waals surface area contributed by atoms with E-state index in [-0.39, 0.29) is 13.0 Å². The number of carbonyl (C=O) groups is 4. The first kappa shape index (κ1) is 29.6. The van der Waals surface area contributed by atoms with Gasteiger partial charge >= 0.3 is 18.0 Å². The number of likely N-dealkylation sites (tertiary alicyclic amines) is 1. The van der Waals surface area contributed by atoms with Gasteiger partial charge in [-0.3, -0.25) is 14.9 Å². The Balaban J connectivity index is 1.54. The maximum atomic E-state index is 13.4. The van der Waals surface area contributed by atoms with E-state index >= 15 is 0 Å². The number of hydrogen-bond acceptors (Lipinski definition) is 6. The molecule has 3 rings (SSSR count). The number of carboxylic acids is 2. The van der Waals surface area contributed by atoms with Crippen LogP contribution in [0.3, 0.4) is 0 Å². The second-order valence-electron chi connectivity index (χ2n) is 9.65. The van der Waals surface area contributed by atoms with Gasteiger partial charge in [0.25, 0.3) is 0 Å². The summed E-state index contributed by atoms with van der Waals surface area (Å²) in [6.07, 6.45) is 2.56. The number of nitrogens with zero attached hydrogens (tertiary/aromatic N) is 1. The highest BCUT2D eigenvalue weighted by Gasteiger charge is 2.38. The van der Waals surface area contributed by atoms with E-state index in [2.05, 4.69) is 10.6 Å². The van der Waals surface area contributed by atoms with Crippen LogP contribution in [-0.4, -0.2) is 70.3 Å². The molecule has 2 aromatic carbocycles. The van der Waals surface area contributed by atoms with Crippen LogP contribution in [0.4, 0.5) is 4.79 Å². The molecule has 10 heteroatoms. The zero-order valence-electron chi connectivity index (χ0n) is 22.0. The van der Waals surface area contributed by atoms with Crippen LogP contribution in [0.2, 0.25) is 0 Å². The van der Waals surface area contributed by atoms with Crippen molar-refractivity contribution in [1.82, 2.24) is 15.5 Å². The van der Waals surface area contributed by atoms with Crippen LogP contribution in [0.5, 0.6) is 0 Å². The maximum absolute atomic E-state index is 13.4. The zero-order valence-corrected chi connectivity index (χ0v) is 22.0. The molecule has 39 heavy (non-hydrogen) atoms. The highest BCUT2D eigenvalue weighted by Crippen LogP contribution is 2.20. The topological polar surface area (TPSA) is 145 Å². The second-order valence-corrected chi connectivity index (χ2v) is 9.65. The smallest absolute Gasteiger partial charge is 0.407 e. The number of aliphatic carboxylic acids is 2. The standard InChI is InChI=1S/C29H37N3O7/c33-26(32-19-9-15-25(32)28(36)37)23(31-24(27(34)35)17-16-21-10-3-1-4-11-21)14-7-8-18-30-29(38)39-20-22-12-5-2-6-13-22/h1-6,10-13,23-25,31H,7-9,14-20H2,(H,30,38)(H,34,35)(H,36,37)/t23-,24-,25-/m1/s1. The molecular weight excluding hydrogens is 502 g/mol. The molecule has 2 amide bonds. The summed E-state index contributed by atoms with van der Waals surface area (Å²) in [4.78, 5) is 50.4. The Kier molecular flexibility index (Phi) is 11.8. The largest absolute Gasteiger partial charge is 0.480 e. The number of amides is 2. The fourth-order valence-corrected chi connectivity index (χ4v) is 4.68. The number of rotatable bonds is 15. The van der Waals surface area contributed by atoms with E-state index in [0.717, 1.165) is 11.1 Å². The first-order valence-electron chi connectivity index (χ1n) is 13.4. The van der Waals surface area contributed by atoms with E-state index in [0.29, 0.717) is 51.6 Å². The van der Waals surface area contributed by atoms with Crippen molar-refractivity contribution in [3.8, 4) is 0 Å². The van der Waals surface area contributed by atoms with Crippen molar-refractivity contribution in [3.63, 3.8) is 0 Å². The van der Waals surface area contributed by atoms with Crippen LogP contribution in [0, 0.1) is 0 Å². The van der Waals surface area contributed by atoms with Crippen LogP contribution in [-0.2, 0) is 32.1 Å². The summed E-state index contributed by atoms with van der Waals surface area (Å²) in [6, 6.07) is 16.1. The molecule has 0 aliphatic carbocycles. The van der Waals surface area contributed by atoms with Gasteiger partial charge in [0.15, 0.2) is 0 Å². The monoisotopic (exact) mass is 539 g/mol. The van der Waals surface area contributed by atoms with E-state index in [1.54, 1.807) is 0 Å². The van der Waals surface area contributed by atoms with Crippen molar-refractivity contribution in [2.75, 3.05) is 13.1 Å². The molecular formula is C29H37N3O7. The first-order chi connectivity index (χ1) is 18.8. The number of nitrogens with one attached hydrogen (secondary N) is 2. The van der Waals surface area contributed by atoms with Gasteiger partial charge in [-0.05, 0) is 56.1 Å². The summed E-state index contributed by atoms with van der Waals surface area (Å²) in [5, 5.41) is 25.1. The molecule has 1 aliphatic rings. The molecule has 1 fully saturated rings. The predicted molar refractivity (Wildman–Crippen MR) is 144 cm³/mol. The van der Waals surface area contributed by atoms with Gasteiger partial charge in [0.2, 0.25) is 5.91 Å². The minimum absolute atomic E-state index is 0.160. The van der Waals surface area contributed by atoms with E-state index in [1.807, 2.05) is 60.7 Å². The molecule has 0 spiro atoms. The summed E-state index contributed by atoms with van der Waals surface area (Å²) in [5.74, 6) is -2.53. The summed E-state index contributed by atoms with van der Waals surface area (Å²) in [7, 11) is 0. The maximum Gasteiger partial charge on any atom is 0.407 e. The normalized spacial score (nSPS) is 16.3. The third kappa shape index (κ3) is 9.72. The minimum Gasteiger partial charge on any atom is -0.480 e. The van der Waals surface area contributed by atoms with Crippen LogP contribution < -0.4 is 10.6 Å². The SMILES string of the molecule is O=C(NCCCC[C@@H](N[C@H](CCc1ccccc1)C(=O)O)C(=O)N1CCC[C@@H]1C(=O)O)OCc1ccccc1. The van der Waals surface area contributed by atoms with Gasteiger partial charge < -0.3 is 25.2 Å². The molecule has 0 radical (unpaired) electrons. The Labute approximate surface area is 228 Å². The number of alkyl carbamates (subject to hydrolysis) is 1. The lowest BCUT2D eigenvalue weighted by Gasteiger charge is -2.29. The van der Waals surface area contributed by atoms with Crippen LogP contribution in [0.15, 0.2) is 60.7 Å². The van der Waals surface area contributed by atoms with E-state index < -0.39 is 42.1 Å². The van der Waals surface area contributed by atoms with E-state index in [9.17, 15) is 29.4 Å². The molecule has 1 aliphatic heterocycles. The Hall–Kier alpha value is -3.92.